The topological polar surface area (TPSA) is 70.4 Å². The Hall–Kier alpha value is -2.57. The number of aliphatic imine (C=N–C) groups is 1. The van der Waals surface area contributed by atoms with Gasteiger partial charge in [-0.25, -0.2) is 4.99 Å². The second kappa shape index (κ2) is 10.4. The maximum Gasteiger partial charge on any atom is 0.191 e. The highest BCUT2D eigenvalue weighted by atomic mass is 15.3. The number of hydrogen-bond donors (Lipinski definition) is 2. The minimum atomic E-state index is 0.512. The van der Waals surface area contributed by atoms with Crippen LogP contribution in [0.5, 0.6) is 0 Å². The predicted molar refractivity (Wildman–Crippen MR) is 108 cm³/mol. The van der Waals surface area contributed by atoms with Gasteiger partial charge >= 0.3 is 0 Å². The first-order valence-electron chi connectivity index (χ1n) is 9.32. The van der Waals surface area contributed by atoms with Crippen LogP contribution in [0, 0.1) is 6.92 Å². The number of aryl methyl sites for hydroxylation is 1. The van der Waals surface area contributed by atoms with Crippen molar-refractivity contribution in [3.63, 3.8) is 0 Å². The smallest absolute Gasteiger partial charge is 0.191 e. The van der Waals surface area contributed by atoms with E-state index in [1.54, 1.807) is 0 Å². The Bertz CT molecular complexity index is 678. The number of para-hydroxylation sites is 1. The number of aromatic nitrogens is 3. The van der Waals surface area contributed by atoms with Crippen LogP contribution >= 0.6 is 0 Å². The quantitative estimate of drug-likeness (QED) is 0.409. The van der Waals surface area contributed by atoms with Crippen molar-refractivity contribution in [2.45, 2.75) is 33.7 Å². The first kappa shape index (κ1) is 19.8. The van der Waals surface area contributed by atoms with Crippen LogP contribution in [0.3, 0.4) is 0 Å². The van der Waals surface area contributed by atoms with Crippen molar-refractivity contribution >= 4 is 11.6 Å². The van der Waals surface area contributed by atoms with Crippen molar-refractivity contribution in [3.05, 3.63) is 42.0 Å². The van der Waals surface area contributed by atoms with Gasteiger partial charge in [-0.3, -0.25) is 0 Å². The molecule has 7 nitrogen and oxygen atoms in total. The van der Waals surface area contributed by atoms with Gasteiger partial charge in [-0.2, -0.15) is 0 Å². The van der Waals surface area contributed by atoms with Crippen LogP contribution < -0.4 is 15.5 Å². The largest absolute Gasteiger partial charge is 0.372 e. The monoisotopic (exact) mass is 357 g/mol. The van der Waals surface area contributed by atoms with Crippen LogP contribution in [-0.4, -0.2) is 46.9 Å². The van der Waals surface area contributed by atoms with Gasteiger partial charge in [-0.05, 0) is 39.3 Å². The summed E-state index contributed by atoms with van der Waals surface area (Å²) in [6.07, 6.45) is 1.04. The van der Waals surface area contributed by atoms with Gasteiger partial charge in [0.05, 0.1) is 0 Å². The minimum absolute atomic E-state index is 0.512. The van der Waals surface area contributed by atoms with Crippen molar-refractivity contribution in [2.24, 2.45) is 12.0 Å². The molecule has 0 bridgehead atoms. The molecule has 0 saturated heterocycles. The zero-order chi connectivity index (χ0) is 18.8. The molecule has 0 amide bonds. The van der Waals surface area contributed by atoms with Crippen LogP contribution in [0.1, 0.15) is 31.9 Å². The van der Waals surface area contributed by atoms with Gasteiger partial charge in [0.1, 0.15) is 12.4 Å². The second-order valence-electron chi connectivity index (χ2n) is 6.11. The lowest BCUT2D eigenvalue weighted by Crippen LogP contribution is -2.39. The van der Waals surface area contributed by atoms with Crippen molar-refractivity contribution in [2.75, 3.05) is 31.1 Å². The molecule has 2 N–H and O–H groups in total. The van der Waals surface area contributed by atoms with Crippen molar-refractivity contribution in [1.82, 2.24) is 25.4 Å². The SMILES string of the molecule is CCNC(=NCc1nnc(C)n1C)NCCCN(CC)c1ccccc1. The summed E-state index contributed by atoms with van der Waals surface area (Å²) in [6.45, 7) is 10.4. The van der Waals surface area contributed by atoms with E-state index >= 15 is 0 Å². The Labute approximate surface area is 156 Å². The van der Waals surface area contributed by atoms with E-state index in [-0.39, 0.29) is 0 Å². The Morgan fingerprint density at radius 1 is 1.15 bits per heavy atom. The summed E-state index contributed by atoms with van der Waals surface area (Å²) in [5.74, 6) is 2.57. The molecule has 142 valence electrons. The van der Waals surface area contributed by atoms with E-state index in [1.807, 2.05) is 18.5 Å². The molecule has 0 aliphatic rings. The van der Waals surface area contributed by atoms with Crippen LogP contribution in [0.15, 0.2) is 35.3 Å². The van der Waals surface area contributed by atoms with Crippen LogP contribution in [-0.2, 0) is 13.6 Å². The van der Waals surface area contributed by atoms with Gasteiger partial charge < -0.3 is 20.1 Å². The molecule has 26 heavy (non-hydrogen) atoms. The van der Waals surface area contributed by atoms with E-state index in [0.717, 1.165) is 50.2 Å². The summed E-state index contributed by atoms with van der Waals surface area (Å²) < 4.78 is 1.96. The number of anilines is 1. The first-order chi connectivity index (χ1) is 12.7. The fourth-order valence-corrected chi connectivity index (χ4v) is 2.67. The van der Waals surface area contributed by atoms with Gasteiger partial charge in [0.2, 0.25) is 0 Å². The predicted octanol–water partition coefficient (Wildman–Crippen LogP) is 2.10. The highest BCUT2D eigenvalue weighted by Gasteiger charge is 2.06. The molecule has 0 aliphatic heterocycles. The molecule has 2 rings (SSSR count). The number of guanidine groups is 1. The summed E-state index contributed by atoms with van der Waals surface area (Å²) in [7, 11) is 1.96. The number of nitrogens with zero attached hydrogens (tertiary/aromatic N) is 5. The van der Waals surface area contributed by atoms with Crippen LogP contribution in [0.2, 0.25) is 0 Å². The minimum Gasteiger partial charge on any atom is -0.372 e. The number of rotatable bonds is 9. The maximum atomic E-state index is 4.61. The molecule has 0 fully saturated rings. The van der Waals surface area contributed by atoms with Crippen LogP contribution in [0.25, 0.3) is 0 Å². The number of benzene rings is 1. The lowest BCUT2D eigenvalue weighted by atomic mass is 10.2. The van der Waals surface area contributed by atoms with E-state index in [0.29, 0.717) is 6.54 Å². The second-order valence-corrected chi connectivity index (χ2v) is 6.11. The molecule has 1 aromatic carbocycles. The van der Waals surface area contributed by atoms with Gasteiger partial charge in [0.15, 0.2) is 11.8 Å². The number of nitrogens with one attached hydrogen (secondary N) is 2. The van der Waals surface area contributed by atoms with E-state index in [4.69, 9.17) is 0 Å². The summed E-state index contributed by atoms with van der Waals surface area (Å²) in [5, 5.41) is 14.9. The Kier molecular flexibility index (Phi) is 7.92. The highest BCUT2D eigenvalue weighted by Crippen LogP contribution is 2.12. The standard InChI is InChI=1S/C19H31N7/c1-5-20-19(22-15-18-24-23-16(3)25(18)4)21-13-10-14-26(6-2)17-11-8-7-9-12-17/h7-9,11-12H,5-6,10,13-15H2,1-4H3,(H2,20,21,22). The van der Waals surface area contributed by atoms with E-state index < -0.39 is 0 Å². The van der Waals surface area contributed by atoms with Crippen LogP contribution in [0.4, 0.5) is 5.69 Å². The van der Waals surface area contributed by atoms with Crippen molar-refractivity contribution in [1.29, 1.82) is 0 Å². The summed E-state index contributed by atoms with van der Waals surface area (Å²) in [6, 6.07) is 10.5. The lowest BCUT2D eigenvalue weighted by molar-refractivity contribution is 0.705. The third kappa shape index (κ3) is 5.75. The van der Waals surface area contributed by atoms with Gasteiger partial charge in [0, 0.05) is 38.9 Å². The maximum absolute atomic E-state index is 4.61. The van der Waals surface area contributed by atoms with Gasteiger partial charge in [-0.1, -0.05) is 18.2 Å². The first-order valence-corrected chi connectivity index (χ1v) is 9.32. The molecule has 1 heterocycles. The van der Waals surface area contributed by atoms with Crippen molar-refractivity contribution < 1.29 is 0 Å². The average molecular weight is 358 g/mol. The summed E-state index contributed by atoms with van der Waals surface area (Å²) in [5.41, 5.74) is 1.27. The van der Waals surface area contributed by atoms with Gasteiger partial charge in [-0.15, -0.1) is 10.2 Å². The third-order valence-electron chi connectivity index (χ3n) is 4.31. The van der Waals surface area contributed by atoms with E-state index in [9.17, 15) is 0 Å². The lowest BCUT2D eigenvalue weighted by Gasteiger charge is -2.23. The van der Waals surface area contributed by atoms with Crippen molar-refractivity contribution in [3.8, 4) is 0 Å². The molecule has 2 aromatic rings. The molecule has 0 radical (unpaired) electrons. The molecule has 0 aliphatic carbocycles. The summed E-state index contributed by atoms with van der Waals surface area (Å²) in [4.78, 5) is 6.99. The summed E-state index contributed by atoms with van der Waals surface area (Å²) >= 11 is 0. The molecule has 7 heteroatoms. The highest BCUT2D eigenvalue weighted by molar-refractivity contribution is 5.79. The van der Waals surface area contributed by atoms with E-state index in [2.05, 4.69) is 74.9 Å². The normalized spacial score (nSPS) is 11.5. The number of hydrogen-bond acceptors (Lipinski definition) is 4. The molecular formula is C19H31N7. The zero-order valence-electron chi connectivity index (χ0n) is 16.4. The Morgan fingerprint density at radius 2 is 1.92 bits per heavy atom. The molecule has 1 aromatic heterocycles. The molecular weight excluding hydrogens is 326 g/mol. The Balaban J connectivity index is 1.82. The zero-order valence-corrected chi connectivity index (χ0v) is 16.4. The fourth-order valence-electron chi connectivity index (χ4n) is 2.67. The molecule has 0 unspecified atom stereocenters. The van der Waals surface area contributed by atoms with E-state index in [1.165, 1.54) is 5.69 Å². The third-order valence-corrected chi connectivity index (χ3v) is 4.31. The Morgan fingerprint density at radius 3 is 2.54 bits per heavy atom. The molecule has 0 atom stereocenters. The van der Waals surface area contributed by atoms with Gasteiger partial charge in [0.25, 0.3) is 0 Å². The molecule has 0 saturated carbocycles. The average Bonchev–Trinajstić information content (AvgIpc) is 2.98. The molecule has 0 spiro atoms. The fraction of sp³-hybridized carbons (Fsp3) is 0.526.